The van der Waals surface area contributed by atoms with Gasteiger partial charge in [-0.2, -0.15) is 5.10 Å². The van der Waals surface area contributed by atoms with E-state index in [4.69, 9.17) is 9.47 Å². The van der Waals surface area contributed by atoms with E-state index in [-0.39, 0.29) is 6.10 Å². The summed E-state index contributed by atoms with van der Waals surface area (Å²) in [7, 11) is 3.71. The third kappa shape index (κ3) is 4.70. The quantitative estimate of drug-likeness (QED) is 0.749. The minimum Gasteiger partial charge on any atom is -0.378 e. The molecule has 0 N–H and O–H groups in total. The SMILES string of the molecule is COCc1nc(CN2CCO[C@@H](CN(C)c3cccnn3)C2)cs1. The summed E-state index contributed by atoms with van der Waals surface area (Å²) in [5, 5.41) is 11.2. The van der Waals surface area contributed by atoms with Crippen LogP contribution in [0, 0.1) is 0 Å². The van der Waals surface area contributed by atoms with Gasteiger partial charge in [0, 0.05) is 51.9 Å². The molecular weight excluding hydrogens is 326 g/mol. The third-order valence-corrected chi connectivity index (χ3v) is 4.77. The number of morpholine rings is 1. The molecule has 0 saturated carbocycles. The first kappa shape index (κ1) is 17.2. The summed E-state index contributed by atoms with van der Waals surface area (Å²) in [4.78, 5) is 9.09. The average molecular weight is 349 g/mol. The Morgan fingerprint density at radius 3 is 3.21 bits per heavy atom. The molecule has 24 heavy (non-hydrogen) atoms. The summed E-state index contributed by atoms with van der Waals surface area (Å²) in [6, 6.07) is 3.85. The molecule has 1 atom stereocenters. The first-order chi connectivity index (χ1) is 11.7. The molecule has 0 aromatic carbocycles. The van der Waals surface area contributed by atoms with Gasteiger partial charge in [0.25, 0.3) is 0 Å². The summed E-state index contributed by atoms with van der Waals surface area (Å²) in [5.74, 6) is 0.863. The standard InChI is InChI=1S/C16H23N5O2S/c1-20(15-4-3-5-17-19-15)9-14-10-21(6-7-23-14)8-13-12-24-16(18-13)11-22-2/h3-5,12,14H,6-11H2,1-2H3/t14-/m0/s1. The summed E-state index contributed by atoms with van der Waals surface area (Å²) < 4.78 is 11.0. The lowest BCUT2D eigenvalue weighted by molar-refractivity contribution is -0.0268. The van der Waals surface area contributed by atoms with Crippen LogP contribution in [0.5, 0.6) is 0 Å². The van der Waals surface area contributed by atoms with E-state index in [0.717, 1.165) is 49.3 Å². The van der Waals surface area contributed by atoms with Gasteiger partial charge in [-0.3, -0.25) is 4.90 Å². The first-order valence-corrected chi connectivity index (χ1v) is 8.87. The van der Waals surface area contributed by atoms with E-state index in [0.29, 0.717) is 6.61 Å². The molecule has 0 unspecified atom stereocenters. The lowest BCUT2D eigenvalue weighted by atomic mass is 10.2. The zero-order valence-corrected chi connectivity index (χ0v) is 14.9. The van der Waals surface area contributed by atoms with Gasteiger partial charge in [-0.25, -0.2) is 4.98 Å². The zero-order valence-electron chi connectivity index (χ0n) is 14.1. The van der Waals surface area contributed by atoms with Gasteiger partial charge in [0.05, 0.1) is 25.0 Å². The molecule has 0 radical (unpaired) electrons. The first-order valence-electron chi connectivity index (χ1n) is 7.99. The van der Waals surface area contributed by atoms with Gasteiger partial charge in [-0.05, 0) is 12.1 Å². The van der Waals surface area contributed by atoms with E-state index in [1.54, 1.807) is 24.6 Å². The van der Waals surface area contributed by atoms with E-state index in [2.05, 4.69) is 30.4 Å². The molecule has 2 aromatic rings. The second-order valence-electron chi connectivity index (χ2n) is 5.86. The molecule has 2 aromatic heterocycles. The molecular formula is C16H23N5O2S. The van der Waals surface area contributed by atoms with Crippen molar-refractivity contribution in [3.05, 3.63) is 34.4 Å². The highest BCUT2D eigenvalue weighted by Gasteiger charge is 2.23. The maximum atomic E-state index is 5.91. The van der Waals surface area contributed by atoms with E-state index in [9.17, 15) is 0 Å². The van der Waals surface area contributed by atoms with Gasteiger partial charge >= 0.3 is 0 Å². The second-order valence-corrected chi connectivity index (χ2v) is 6.80. The third-order valence-electron chi connectivity index (χ3n) is 3.90. The van der Waals surface area contributed by atoms with Gasteiger partial charge in [-0.15, -0.1) is 16.4 Å². The van der Waals surface area contributed by atoms with Crippen LogP contribution < -0.4 is 4.90 Å². The summed E-state index contributed by atoms with van der Waals surface area (Å²) in [6.45, 7) is 4.80. The van der Waals surface area contributed by atoms with Crippen LogP contribution in [-0.4, -0.2) is 66.6 Å². The van der Waals surface area contributed by atoms with Gasteiger partial charge in [0.2, 0.25) is 0 Å². The van der Waals surface area contributed by atoms with Crippen LogP contribution in [0.2, 0.25) is 0 Å². The molecule has 1 aliphatic heterocycles. The predicted molar refractivity (Wildman–Crippen MR) is 93.1 cm³/mol. The molecule has 3 heterocycles. The number of aromatic nitrogens is 3. The predicted octanol–water partition coefficient (Wildman–Crippen LogP) is 1.42. The van der Waals surface area contributed by atoms with Crippen LogP contribution in [0.25, 0.3) is 0 Å². The molecule has 0 amide bonds. The van der Waals surface area contributed by atoms with Gasteiger partial charge < -0.3 is 14.4 Å². The number of ether oxygens (including phenoxy) is 2. The topological polar surface area (TPSA) is 63.6 Å². The maximum Gasteiger partial charge on any atom is 0.151 e. The van der Waals surface area contributed by atoms with Crippen molar-refractivity contribution in [1.29, 1.82) is 0 Å². The molecule has 0 aliphatic carbocycles. The molecule has 0 bridgehead atoms. The highest BCUT2D eigenvalue weighted by Crippen LogP contribution is 2.16. The number of methoxy groups -OCH3 is 1. The number of likely N-dealkylation sites (N-methyl/N-ethyl adjacent to an activating group) is 1. The van der Waals surface area contributed by atoms with Crippen molar-refractivity contribution in [2.75, 3.05) is 45.3 Å². The lowest BCUT2D eigenvalue weighted by Crippen LogP contribution is -2.46. The van der Waals surface area contributed by atoms with Crippen LogP contribution in [0.1, 0.15) is 10.7 Å². The fourth-order valence-corrected chi connectivity index (χ4v) is 3.53. The Bertz CT molecular complexity index is 624. The average Bonchev–Trinajstić information content (AvgIpc) is 3.03. The Morgan fingerprint density at radius 1 is 1.50 bits per heavy atom. The van der Waals surface area contributed by atoms with Gasteiger partial charge in [0.15, 0.2) is 5.82 Å². The van der Waals surface area contributed by atoms with Crippen molar-refractivity contribution < 1.29 is 9.47 Å². The molecule has 1 aliphatic rings. The van der Waals surface area contributed by atoms with Gasteiger partial charge in [0.1, 0.15) is 5.01 Å². The number of nitrogens with zero attached hydrogens (tertiary/aromatic N) is 5. The van der Waals surface area contributed by atoms with Crippen molar-refractivity contribution in [1.82, 2.24) is 20.1 Å². The van der Waals surface area contributed by atoms with E-state index >= 15 is 0 Å². The Labute approximate surface area is 146 Å². The van der Waals surface area contributed by atoms with Crippen LogP contribution in [-0.2, 0) is 22.6 Å². The Morgan fingerprint density at radius 2 is 2.42 bits per heavy atom. The van der Waals surface area contributed by atoms with Crippen LogP contribution in [0.3, 0.4) is 0 Å². The van der Waals surface area contributed by atoms with Crippen molar-refractivity contribution in [2.45, 2.75) is 19.3 Å². The monoisotopic (exact) mass is 349 g/mol. The fourth-order valence-electron chi connectivity index (χ4n) is 2.77. The molecule has 1 fully saturated rings. The van der Waals surface area contributed by atoms with Crippen molar-refractivity contribution in [2.24, 2.45) is 0 Å². The van der Waals surface area contributed by atoms with E-state index in [1.807, 2.05) is 19.2 Å². The van der Waals surface area contributed by atoms with Gasteiger partial charge in [-0.1, -0.05) is 0 Å². The Hall–Kier alpha value is -1.61. The van der Waals surface area contributed by atoms with Crippen molar-refractivity contribution >= 4 is 17.2 Å². The molecule has 130 valence electrons. The second kappa shape index (κ2) is 8.48. The Kier molecular flexibility index (Phi) is 6.08. The molecule has 8 heteroatoms. The smallest absolute Gasteiger partial charge is 0.151 e. The van der Waals surface area contributed by atoms with E-state index < -0.39 is 0 Å². The highest BCUT2D eigenvalue weighted by atomic mass is 32.1. The summed E-state index contributed by atoms with van der Waals surface area (Å²) in [6.07, 6.45) is 1.84. The summed E-state index contributed by atoms with van der Waals surface area (Å²) >= 11 is 1.65. The highest BCUT2D eigenvalue weighted by molar-refractivity contribution is 7.09. The molecule has 1 saturated heterocycles. The normalized spacial score (nSPS) is 18.7. The number of hydrogen-bond acceptors (Lipinski definition) is 8. The Balaban J connectivity index is 1.52. The van der Waals surface area contributed by atoms with E-state index in [1.165, 1.54) is 0 Å². The molecule has 3 rings (SSSR count). The number of anilines is 1. The lowest BCUT2D eigenvalue weighted by Gasteiger charge is -2.34. The van der Waals surface area contributed by atoms with Crippen LogP contribution >= 0.6 is 11.3 Å². The van der Waals surface area contributed by atoms with Crippen LogP contribution in [0.15, 0.2) is 23.7 Å². The number of hydrogen-bond donors (Lipinski definition) is 0. The molecule has 0 spiro atoms. The fraction of sp³-hybridized carbons (Fsp3) is 0.562. The minimum atomic E-state index is 0.155. The number of thiazole rings is 1. The van der Waals surface area contributed by atoms with Crippen molar-refractivity contribution in [3.63, 3.8) is 0 Å². The minimum absolute atomic E-state index is 0.155. The van der Waals surface area contributed by atoms with Crippen molar-refractivity contribution in [3.8, 4) is 0 Å². The molecule has 7 nitrogen and oxygen atoms in total. The summed E-state index contributed by atoms with van der Waals surface area (Å²) in [5.41, 5.74) is 1.11. The maximum absolute atomic E-state index is 5.91. The zero-order chi connectivity index (χ0) is 16.8. The van der Waals surface area contributed by atoms with Crippen LogP contribution in [0.4, 0.5) is 5.82 Å². The number of rotatable bonds is 7. The largest absolute Gasteiger partial charge is 0.378 e.